The molecule has 1 atom stereocenters. The maximum atomic E-state index is 14.3. The van der Waals surface area contributed by atoms with E-state index >= 15 is 0 Å². The molecule has 0 spiro atoms. The highest BCUT2D eigenvalue weighted by atomic mass is 19.4. The number of hydrogen-bond acceptors (Lipinski definition) is 1. The first-order valence-electron chi connectivity index (χ1n) is 9.16. The van der Waals surface area contributed by atoms with E-state index in [9.17, 15) is 57.1 Å². The van der Waals surface area contributed by atoms with Crippen LogP contribution in [0, 0.1) is 0 Å². The third kappa shape index (κ3) is 4.76. The second-order valence-corrected chi connectivity index (χ2v) is 7.56. The van der Waals surface area contributed by atoms with Crippen molar-refractivity contribution in [1.29, 1.82) is 0 Å². The quantitative estimate of drug-likeness (QED) is 0.294. The number of ether oxygens (including phenoxy) is 1. The van der Waals surface area contributed by atoms with Crippen molar-refractivity contribution in [2.75, 3.05) is 7.11 Å². The Balaban J connectivity index is 3.45. The topological polar surface area (TPSA) is 9.23 Å². The van der Waals surface area contributed by atoms with E-state index in [1.54, 1.807) is 6.92 Å². The SMILES string of the molecule is CCCc1ccc(C(C)(CC(F)(F)C(F)(F)C(F)(F)C(F)(F)C(F)(F)C(F)(F)F)OC)cc1. The van der Waals surface area contributed by atoms with Gasteiger partial charge in [-0.3, -0.25) is 0 Å². The van der Waals surface area contributed by atoms with E-state index in [4.69, 9.17) is 4.74 Å². The summed E-state index contributed by atoms with van der Waals surface area (Å²) in [6.07, 6.45) is -8.71. The van der Waals surface area contributed by atoms with Crippen molar-refractivity contribution in [2.24, 2.45) is 0 Å². The second-order valence-electron chi connectivity index (χ2n) is 7.56. The minimum Gasteiger partial charge on any atom is -0.374 e. The van der Waals surface area contributed by atoms with Gasteiger partial charge in [0.2, 0.25) is 0 Å². The lowest BCUT2D eigenvalue weighted by Crippen LogP contribution is -2.70. The standard InChI is InChI=1S/C19H19F13O/c1-4-5-11-6-8-12(9-7-11)13(2,33-3)10-14(20,21)15(22,23)16(24,25)17(26,27)18(28,29)19(30,31)32/h6-9H,4-5,10H2,1-3H3. The highest BCUT2D eigenvalue weighted by Crippen LogP contribution is 2.61. The predicted molar refractivity (Wildman–Crippen MR) is 90.2 cm³/mol. The van der Waals surface area contributed by atoms with Crippen molar-refractivity contribution in [3.8, 4) is 0 Å². The van der Waals surface area contributed by atoms with Gasteiger partial charge in [0, 0.05) is 7.11 Å². The van der Waals surface area contributed by atoms with Crippen LogP contribution in [-0.4, -0.2) is 42.9 Å². The van der Waals surface area contributed by atoms with Gasteiger partial charge in [0.25, 0.3) is 0 Å². The average Bonchev–Trinajstić information content (AvgIpc) is 2.66. The van der Waals surface area contributed by atoms with Gasteiger partial charge in [-0.05, 0) is 24.5 Å². The van der Waals surface area contributed by atoms with Crippen LogP contribution < -0.4 is 0 Å². The average molecular weight is 510 g/mol. The van der Waals surface area contributed by atoms with Crippen LogP contribution in [0.25, 0.3) is 0 Å². The van der Waals surface area contributed by atoms with Crippen LogP contribution in [0.4, 0.5) is 57.1 Å². The van der Waals surface area contributed by atoms with Gasteiger partial charge in [0.15, 0.2) is 0 Å². The number of benzene rings is 1. The predicted octanol–water partition coefficient (Wildman–Crippen LogP) is 7.63. The van der Waals surface area contributed by atoms with Crippen LogP contribution in [0.1, 0.15) is 37.8 Å². The fourth-order valence-corrected chi connectivity index (χ4v) is 2.94. The normalized spacial score (nSPS) is 16.6. The van der Waals surface area contributed by atoms with E-state index in [0.29, 0.717) is 32.4 Å². The minimum atomic E-state index is -7.92. The Morgan fingerprint density at radius 3 is 1.45 bits per heavy atom. The fourth-order valence-electron chi connectivity index (χ4n) is 2.94. The molecule has 14 heteroatoms. The minimum absolute atomic E-state index is 0.295. The van der Waals surface area contributed by atoms with Crippen molar-refractivity contribution < 1.29 is 61.8 Å². The summed E-state index contributed by atoms with van der Waals surface area (Å²) in [4.78, 5) is 0. The molecule has 0 heterocycles. The largest absolute Gasteiger partial charge is 0.460 e. The van der Waals surface area contributed by atoms with Gasteiger partial charge in [-0.25, -0.2) is 0 Å². The van der Waals surface area contributed by atoms with Gasteiger partial charge in [0.1, 0.15) is 0 Å². The highest BCUT2D eigenvalue weighted by Gasteiger charge is 2.90. The molecular formula is C19H19F13O. The second kappa shape index (κ2) is 8.81. The Morgan fingerprint density at radius 2 is 1.09 bits per heavy atom. The molecule has 33 heavy (non-hydrogen) atoms. The number of rotatable bonds is 10. The summed E-state index contributed by atoms with van der Waals surface area (Å²) in [5, 5.41) is 0. The Labute approximate surface area is 179 Å². The third-order valence-corrected chi connectivity index (χ3v) is 5.11. The highest BCUT2D eigenvalue weighted by molar-refractivity contribution is 5.28. The molecule has 0 aliphatic carbocycles. The van der Waals surface area contributed by atoms with Gasteiger partial charge in [-0.1, -0.05) is 37.6 Å². The van der Waals surface area contributed by atoms with Gasteiger partial charge < -0.3 is 4.74 Å². The molecule has 0 bridgehead atoms. The molecule has 1 aromatic carbocycles. The van der Waals surface area contributed by atoms with E-state index in [1.165, 1.54) is 12.1 Å². The van der Waals surface area contributed by atoms with Crippen LogP contribution in [0.15, 0.2) is 24.3 Å². The van der Waals surface area contributed by atoms with Gasteiger partial charge in [-0.2, -0.15) is 57.1 Å². The van der Waals surface area contributed by atoms with Crippen LogP contribution in [0.3, 0.4) is 0 Å². The lowest BCUT2D eigenvalue weighted by atomic mass is 9.84. The van der Waals surface area contributed by atoms with Crippen LogP contribution in [-0.2, 0) is 16.8 Å². The Kier molecular flexibility index (Phi) is 7.82. The van der Waals surface area contributed by atoms with Crippen molar-refractivity contribution in [2.45, 2.75) is 74.5 Å². The summed E-state index contributed by atoms with van der Waals surface area (Å²) >= 11 is 0. The van der Waals surface area contributed by atoms with Crippen molar-refractivity contribution in [3.63, 3.8) is 0 Å². The zero-order chi connectivity index (χ0) is 26.3. The summed E-state index contributed by atoms with van der Waals surface area (Å²) in [5.41, 5.74) is -2.18. The first-order valence-corrected chi connectivity index (χ1v) is 9.16. The summed E-state index contributed by atoms with van der Waals surface area (Å²) < 4.78 is 178. The van der Waals surface area contributed by atoms with Gasteiger partial charge in [0.05, 0.1) is 12.0 Å². The molecule has 0 aromatic heterocycles. The number of methoxy groups -OCH3 is 1. The molecule has 0 fully saturated rings. The lowest BCUT2D eigenvalue weighted by Gasteiger charge is -2.42. The number of halogens is 13. The fraction of sp³-hybridized carbons (Fsp3) is 0.684. The molecule has 0 N–H and O–H groups in total. The van der Waals surface area contributed by atoms with E-state index in [0.717, 1.165) is 12.1 Å². The summed E-state index contributed by atoms with van der Waals surface area (Å²) in [6, 6.07) is 4.93. The molecule has 0 aliphatic rings. The first-order chi connectivity index (χ1) is 14.6. The maximum absolute atomic E-state index is 14.3. The smallest absolute Gasteiger partial charge is 0.374 e. The lowest BCUT2D eigenvalue weighted by molar-refractivity contribution is -0.441. The van der Waals surface area contributed by atoms with E-state index in [2.05, 4.69) is 0 Å². The van der Waals surface area contributed by atoms with Gasteiger partial charge in [-0.15, -0.1) is 0 Å². The van der Waals surface area contributed by atoms with Gasteiger partial charge >= 0.3 is 35.8 Å². The number of alkyl halides is 13. The van der Waals surface area contributed by atoms with E-state index in [-0.39, 0.29) is 5.56 Å². The molecule has 0 aliphatic heterocycles. The third-order valence-electron chi connectivity index (χ3n) is 5.11. The zero-order valence-corrected chi connectivity index (χ0v) is 17.3. The molecule has 0 saturated heterocycles. The van der Waals surface area contributed by atoms with Crippen molar-refractivity contribution in [3.05, 3.63) is 35.4 Å². The molecule has 0 radical (unpaired) electrons. The summed E-state index contributed by atoms with van der Waals surface area (Å²) in [5.74, 6) is -37.1. The van der Waals surface area contributed by atoms with Crippen LogP contribution >= 0.6 is 0 Å². The van der Waals surface area contributed by atoms with E-state index < -0.39 is 47.8 Å². The van der Waals surface area contributed by atoms with Crippen molar-refractivity contribution in [1.82, 2.24) is 0 Å². The number of hydrogen-bond donors (Lipinski definition) is 0. The Morgan fingerprint density at radius 1 is 0.667 bits per heavy atom. The molecule has 1 aromatic rings. The molecule has 1 rings (SSSR count). The van der Waals surface area contributed by atoms with E-state index in [1.807, 2.05) is 0 Å². The molecule has 1 nitrogen and oxygen atoms in total. The molecule has 192 valence electrons. The molecule has 0 saturated carbocycles. The van der Waals surface area contributed by atoms with Crippen molar-refractivity contribution >= 4 is 0 Å². The summed E-state index contributed by atoms with van der Waals surface area (Å²) in [6.45, 7) is 2.50. The Bertz CT molecular complexity index is 799. The summed E-state index contributed by atoms with van der Waals surface area (Å²) in [7, 11) is 0.693. The molecule has 0 amide bonds. The van der Waals surface area contributed by atoms with Crippen LogP contribution in [0.2, 0.25) is 0 Å². The zero-order valence-electron chi connectivity index (χ0n) is 17.3. The first kappa shape index (κ1) is 29.3. The molecular weight excluding hydrogens is 491 g/mol. The monoisotopic (exact) mass is 510 g/mol. The van der Waals surface area contributed by atoms with Crippen LogP contribution in [0.5, 0.6) is 0 Å². The maximum Gasteiger partial charge on any atom is 0.460 e. The number of aryl methyl sites for hydroxylation is 1. The Hall–Kier alpha value is -1.73. The molecule has 1 unspecified atom stereocenters.